The Labute approximate surface area is 96.1 Å². The van der Waals surface area contributed by atoms with Crippen molar-refractivity contribution in [3.63, 3.8) is 0 Å². The zero-order valence-corrected chi connectivity index (χ0v) is 10.0. The fourth-order valence-electron chi connectivity index (χ4n) is 1.73. The third-order valence-electron chi connectivity index (χ3n) is 2.38. The molecule has 0 saturated carbocycles. The summed E-state index contributed by atoms with van der Waals surface area (Å²) >= 11 is 1.55. The third kappa shape index (κ3) is 1.27. The van der Waals surface area contributed by atoms with E-state index in [0.717, 1.165) is 4.83 Å². The van der Waals surface area contributed by atoms with Crippen LogP contribution in [0.4, 0.5) is 0 Å². The number of fused-ring (bicyclic) bond motifs is 3. The van der Waals surface area contributed by atoms with E-state index in [1.54, 1.807) is 17.4 Å². The molecule has 4 nitrogen and oxygen atoms in total. The Kier molecular flexibility index (Phi) is 1.87. The largest absolute Gasteiger partial charge is 0.304 e. The van der Waals surface area contributed by atoms with Gasteiger partial charge in [0.1, 0.15) is 4.83 Å². The maximum Gasteiger partial charge on any atom is 0.194 e. The van der Waals surface area contributed by atoms with E-state index in [9.17, 15) is 8.42 Å². The quantitative estimate of drug-likeness (QED) is 0.665. The monoisotopic (exact) mass is 252 g/mol. The van der Waals surface area contributed by atoms with Crippen LogP contribution in [0.25, 0.3) is 15.9 Å². The van der Waals surface area contributed by atoms with Gasteiger partial charge < -0.3 is 4.40 Å². The first-order valence-electron chi connectivity index (χ1n) is 4.62. The van der Waals surface area contributed by atoms with Gasteiger partial charge in [-0.05, 0) is 23.6 Å². The van der Waals surface area contributed by atoms with Crippen LogP contribution in [-0.4, -0.2) is 24.1 Å². The summed E-state index contributed by atoms with van der Waals surface area (Å²) < 4.78 is 25.1. The zero-order chi connectivity index (χ0) is 11.3. The van der Waals surface area contributed by atoms with Gasteiger partial charge in [-0.25, -0.2) is 13.4 Å². The van der Waals surface area contributed by atoms with Gasteiger partial charge in [0.05, 0.1) is 11.0 Å². The summed E-state index contributed by atoms with van der Waals surface area (Å²) in [6.45, 7) is 0. The lowest BCUT2D eigenvalue weighted by atomic mass is 10.5. The van der Waals surface area contributed by atoms with E-state index in [4.69, 9.17) is 0 Å². The van der Waals surface area contributed by atoms with Gasteiger partial charge in [-0.2, -0.15) is 0 Å². The molecule has 0 aliphatic carbocycles. The van der Waals surface area contributed by atoms with Crippen LogP contribution in [0.15, 0.2) is 34.8 Å². The first-order chi connectivity index (χ1) is 7.57. The minimum atomic E-state index is -3.30. The molecule has 0 saturated heterocycles. The standard InChI is InChI=1S/C10H8N2O2S2/c1-16(13,14)9-8-3-2-5-12(8)10-7(11-9)4-6-15-10/h2-6H,1H3. The number of aromatic nitrogens is 2. The SMILES string of the molecule is CS(=O)(=O)c1nc2ccsc2n2cccc12. The molecule has 16 heavy (non-hydrogen) atoms. The molecule has 0 unspecified atom stereocenters. The predicted molar refractivity (Wildman–Crippen MR) is 63.7 cm³/mol. The van der Waals surface area contributed by atoms with Gasteiger partial charge in [0.25, 0.3) is 0 Å². The Morgan fingerprint density at radius 1 is 1.38 bits per heavy atom. The predicted octanol–water partition coefficient (Wildman–Crippen LogP) is 1.95. The summed E-state index contributed by atoms with van der Waals surface area (Å²) in [6, 6.07) is 5.42. The number of nitrogens with zero attached hydrogens (tertiary/aromatic N) is 2. The van der Waals surface area contributed by atoms with Crippen LogP contribution in [0.3, 0.4) is 0 Å². The molecule has 0 bridgehead atoms. The van der Waals surface area contributed by atoms with E-state index >= 15 is 0 Å². The van der Waals surface area contributed by atoms with Gasteiger partial charge in [-0.1, -0.05) is 0 Å². The minimum Gasteiger partial charge on any atom is -0.304 e. The molecule has 6 heteroatoms. The first kappa shape index (κ1) is 9.80. The summed E-state index contributed by atoms with van der Waals surface area (Å²) in [7, 11) is -3.30. The van der Waals surface area contributed by atoms with Crippen molar-refractivity contribution in [2.45, 2.75) is 5.03 Å². The Morgan fingerprint density at radius 3 is 2.94 bits per heavy atom. The summed E-state index contributed by atoms with van der Waals surface area (Å²) in [5, 5.41) is 2.05. The molecule has 3 aromatic heterocycles. The molecule has 0 aliphatic heterocycles. The Morgan fingerprint density at radius 2 is 2.19 bits per heavy atom. The van der Waals surface area contributed by atoms with Gasteiger partial charge in [0, 0.05) is 12.5 Å². The van der Waals surface area contributed by atoms with Crippen LogP contribution in [0.1, 0.15) is 0 Å². The second kappa shape index (κ2) is 3.05. The van der Waals surface area contributed by atoms with Crippen LogP contribution in [-0.2, 0) is 9.84 Å². The molecule has 3 aromatic rings. The highest BCUT2D eigenvalue weighted by molar-refractivity contribution is 7.90. The average molecular weight is 252 g/mol. The number of hydrogen-bond acceptors (Lipinski definition) is 4. The number of hydrogen-bond donors (Lipinski definition) is 0. The molecule has 0 atom stereocenters. The van der Waals surface area contributed by atoms with E-state index in [1.807, 2.05) is 28.1 Å². The van der Waals surface area contributed by atoms with Gasteiger partial charge in [0.2, 0.25) is 0 Å². The highest BCUT2D eigenvalue weighted by atomic mass is 32.2. The minimum absolute atomic E-state index is 0.142. The lowest BCUT2D eigenvalue weighted by molar-refractivity contribution is 0.599. The van der Waals surface area contributed by atoms with Crippen molar-refractivity contribution < 1.29 is 8.42 Å². The molecule has 3 rings (SSSR count). The highest BCUT2D eigenvalue weighted by Crippen LogP contribution is 2.25. The maximum absolute atomic E-state index is 11.6. The van der Waals surface area contributed by atoms with Gasteiger partial charge >= 0.3 is 0 Å². The Bertz CT molecular complexity index is 783. The van der Waals surface area contributed by atoms with Crippen molar-refractivity contribution >= 4 is 37.0 Å². The van der Waals surface area contributed by atoms with E-state index in [2.05, 4.69) is 4.98 Å². The maximum atomic E-state index is 11.6. The van der Waals surface area contributed by atoms with Gasteiger partial charge in [-0.15, -0.1) is 11.3 Å². The van der Waals surface area contributed by atoms with Crippen molar-refractivity contribution in [1.82, 2.24) is 9.38 Å². The van der Waals surface area contributed by atoms with E-state index < -0.39 is 9.84 Å². The number of thiophene rings is 1. The van der Waals surface area contributed by atoms with Crippen LogP contribution < -0.4 is 0 Å². The normalized spacial score (nSPS) is 12.6. The van der Waals surface area contributed by atoms with Crippen molar-refractivity contribution in [3.8, 4) is 0 Å². The molecule has 82 valence electrons. The molecule has 3 heterocycles. The molecule has 0 aromatic carbocycles. The second-order valence-electron chi connectivity index (χ2n) is 3.56. The highest BCUT2D eigenvalue weighted by Gasteiger charge is 2.16. The van der Waals surface area contributed by atoms with Gasteiger partial charge in [-0.3, -0.25) is 0 Å². The first-order valence-corrected chi connectivity index (χ1v) is 7.39. The summed E-state index contributed by atoms with van der Waals surface area (Å²) in [5.74, 6) is 0. The number of sulfone groups is 1. The van der Waals surface area contributed by atoms with Crippen LogP contribution in [0.5, 0.6) is 0 Å². The molecule has 0 N–H and O–H groups in total. The fourth-order valence-corrected chi connectivity index (χ4v) is 3.38. The Hall–Kier alpha value is -1.40. The third-order valence-corrected chi connectivity index (χ3v) is 4.29. The van der Waals surface area contributed by atoms with E-state index in [0.29, 0.717) is 11.0 Å². The topological polar surface area (TPSA) is 51.4 Å². The average Bonchev–Trinajstić information content (AvgIpc) is 2.82. The van der Waals surface area contributed by atoms with E-state index in [1.165, 1.54) is 6.26 Å². The molecular weight excluding hydrogens is 244 g/mol. The second-order valence-corrected chi connectivity index (χ2v) is 6.39. The van der Waals surface area contributed by atoms with Crippen molar-refractivity contribution in [2.75, 3.05) is 6.26 Å². The lowest BCUT2D eigenvalue weighted by Crippen LogP contribution is -2.03. The van der Waals surface area contributed by atoms with Crippen molar-refractivity contribution in [1.29, 1.82) is 0 Å². The van der Waals surface area contributed by atoms with Crippen LogP contribution in [0, 0.1) is 0 Å². The summed E-state index contributed by atoms with van der Waals surface area (Å²) in [4.78, 5) is 5.17. The van der Waals surface area contributed by atoms with E-state index in [-0.39, 0.29) is 5.03 Å². The van der Waals surface area contributed by atoms with Crippen LogP contribution in [0.2, 0.25) is 0 Å². The molecule has 0 spiro atoms. The Balaban J connectivity index is 2.63. The smallest absolute Gasteiger partial charge is 0.194 e. The molecule has 0 amide bonds. The molecular formula is C10H8N2O2S2. The molecule has 0 radical (unpaired) electrons. The fraction of sp³-hybridized carbons (Fsp3) is 0.100. The zero-order valence-electron chi connectivity index (χ0n) is 8.41. The van der Waals surface area contributed by atoms with Crippen molar-refractivity contribution in [3.05, 3.63) is 29.8 Å². The molecule has 0 fully saturated rings. The molecule has 0 aliphatic rings. The lowest BCUT2D eigenvalue weighted by Gasteiger charge is -2.03. The number of rotatable bonds is 1. The van der Waals surface area contributed by atoms with Gasteiger partial charge in [0.15, 0.2) is 14.9 Å². The summed E-state index contributed by atoms with van der Waals surface area (Å²) in [5.41, 5.74) is 1.35. The summed E-state index contributed by atoms with van der Waals surface area (Å²) in [6.07, 6.45) is 3.03. The van der Waals surface area contributed by atoms with Crippen molar-refractivity contribution in [2.24, 2.45) is 0 Å². The van der Waals surface area contributed by atoms with Crippen LogP contribution >= 0.6 is 11.3 Å².